The summed E-state index contributed by atoms with van der Waals surface area (Å²) < 4.78 is 10.6. The molecule has 0 aromatic rings. The third-order valence-electron chi connectivity index (χ3n) is 4.98. The van der Waals surface area contributed by atoms with Gasteiger partial charge in [0.15, 0.2) is 11.4 Å². The van der Waals surface area contributed by atoms with Gasteiger partial charge in [-0.15, -0.1) is 0 Å². The average Bonchev–Trinajstić information content (AvgIpc) is 2.98. The molecule has 0 amide bonds. The molecule has 2 heterocycles. The molecule has 3 rings (SSSR count). The van der Waals surface area contributed by atoms with Gasteiger partial charge in [-0.2, -0.15) is 0 Å². The van der Waals surface area contributed by atoms with Crippen molar-refractivity contribution in [3.63, 3.8) is 0 Å². The fraction of sp³-hybridized carbons (Fsp3) is 0.261. The molecule has 0 saturated heterocycles. The fourth-order valence-corrected chi connectivity index (χ4v) is 3.42. The van der Waals surface area contributed by atoms with Gasteiger partial charge in [0.1, 0.15) is 17.4 Å². The molecule has 0 saturated carbocycles. The lowest BCUT2D eigenvalue weighted by atomic mass is 9.76. The average molecular weight is 410 g/mol. The predicted octanol–water partition coefficient (Wildman–Crippen LogP) is 2.47. The number of carbonyl (C=O) groups is 3. The van der Waals surface area contributed by atoms with Gasteiger partial charge in [-0.05, 0) is 31.6 Å². The van der Waals surface area contributed by atoms with Gasteiger partial charge in [-0.3, -0.25) is 9.59 Å². The number of ketones is 2. The summed E-state index contributed by atoms with van der Waals surface area (Å²) in [7, 11) is 0. The van der Waals surface area contributed by atoms with E-state index in [9.17, 15) is 24.6 Å². The molecular weight excluding hydrogens is 388 g/mol. The minimum absolute atomic E-state index is 0.182. The first-order chi connectivity index (χ1) is 14.3. The molecule has 0 spiro atoms. The number of allylic oxidation sites excluding steroid dienone is 7. The molecule has 2 N–H and O–H groups in total. The Morgan fingerprint density at radius 2 is 2.00 bits per heavy atom. The fourth-order valence-electron chi connectivity index (χ4n) is 3.42. The highest BCUT2D eigenvalue weighted by Gasteiger charge is 2.54. The van der Waals surface area contributed by atoms with Crippen molar-refractivity contribution in [1.82, 2.24) is 0 Å². The standard InChI is InChI=1S/C23H22O7/c1-3-4-5-6-7-8-15(25)11-19(26)20-18-10-14-9-16(12-24)29-13-17(14)21(27)23(18,2)30-22(20)28/h3-8,10-11,13,16,24,26H,9,12H2,1-2H3/b4-3+,6-5+,8-7+,19-11-/t16-,23-/m0/s1. The van der Waals surface area contributed by atoms with Gasteiger partial charge in [0.25, 0.3) is 0 Å². The summed E-state index contributed by atoms with van der Waals surface area (Å²) in [4.78, 5) is 37.5. The molecule has 30 heavy (non-hydrogen) atoms. The number of hydrogen-bond donors (Lipinski definition) is 2. The molecule has 2 atom stereocenters. The molecular formula is C23H22O7. The van der Waals surface area contributed by atoms with Crippen molar-refractivity contribution in [2.24, 2.45) is 0 Å². The van der Waals surface area contributed by atoms with Gasteiger partial charge in [0.05, 0.1) is 18.4 Å². The van der Waals surface area contributed by atoms with Gasteiger partial charge >= 0.3 is 5.97 Å². The summed E-state index contributed by atoms with van der Waals surface area (Å²) in [5.74, 6) is -2.49. The maximum atomic E-state index is 13.0. The lowest BCUT2D eigenvalue weighted by Crippen LogP contribution is -2.43. The van der Waals surface area contributed by atoms with E-state index in [-0.39, 0.29) is 29.7 Å². The molecule has 3 aliphatic rings. The molecule has 0 aromatic carbocycles. The second kappa shape index (κ2) is 8.51. The smallest absolute Gasteiger partial charge is 0.343 e. The van der Waals surface area contributed by atoms with E-state index in [1.165, 1.54) is 25.3 Å². The first-order valence-corrected chi connectivity index (χ1v) is 9.43. The molecule has 7 nitrogen and oxygen atoms in total. The molecule has 0 bridgehead atoms. The van der Waals surface area contributed by atoms with Crippen LogP contribution in [-0.2, 0) is 23.9 Å². The van der Waals surface area contributed by atoms with Gasteiger partial charge in [0.2, 0.25) is 5.78 Å². The SMILES string of the molecule is C/C=C/C=C/C=C/C(=O)/C=C(\O)C1=C2C=C3C[C@@H](CO)OC=C3C(=O)[C@@]2(C)OC1=O. The van der Waals surface area contributed by atoms with Crippen LogP contribution in [0.2, 0.25) is 0 Å². The van der Waals surface area contributed by atoms with E-state index in [2.05, 4.69) is 0 Å². The first-order valence-electron chi connectivity index (χ1n) is 9.43. The Kier molecular flexibility index (Phi) is 6.03. The Morgan fingerprint density at radius 1 is 1.27 bits per heavy atom. The maximum Gasteiger partial charge on any atom is 0.343 e. The number of fused-ring (bicyclic) bond motifs is 2. The van der Waals surface area contributed by atoms with Crippen molar-refractivity contribution >= 4 is 17.5 Å². The Labute approximate surface area is 173 Å². The van der Waals surface area contributed by atoms with E-state index in [1.54, 1.807) is 24.3 Å². The van der Waals surface area contributed by atoms with E-state index >= 15 is 0 Å². The van der Waals surface area contributed by atoms with Crippen molar-refractivity contribution in [2.45, 2.75) is 32.0 Å². The lowest BCUT2D eigenvalue weighted by Gasteiger charge is -2.33. The second-order valence-corrected chi connectivity index (χ2v) is 7.09. The summed E-state index contributed by atoms with van der Waals surface area (Å²) in [5.41, 5.74) is -0.831. The van der Waals surface area contributed by atoms with Crippen molar-refractivity contribution < 1.29 is 34.1 Å². The Balaban J connectivity index is 1.98. The third-order valence-corrected chi connectivity index (χ3v) is 4.98. The number of aliphatic hydroxyl groups excluding tert-OH is 2. The Morgan fingerprint density at radius 3 is 2.70 bits per heavy atom. The van der Waals surface area contributed by atoms with Gasteiger partial charge in [-0.1, -0.05) is 30.4 Å². The van der Waals surface area contributed by atoms with Crippen LogP contribution in [0.4, 0.5) is 0 Å². The minimum atomic E-state index is -1.62. The van der Waals surface area contributed by atoms with Crippen LogP contribution in [0.1, 0.15) is 20.3 Å². The number of ether oxygens (including phenoxy) is 2. The van der Waals surface area contributed by atoms with Gasteiger partial charge < -0.3 is 19.7 Å². The third kappa shape index (κ3) is 3.84. The normalized spacial score (nSPS) is 26.6. The maximum absolute atomic E-state index is 13.0. The highest BCUT2D eigenvalue weighted by atomic mass is 16.6. The van der Waals surface area contributed by atoms with Crippen molar-refractivity contribution in [2.75, 3.05) is 6.61 Å². The quantitative estimate of drug-likeness (QED) is 0.300. The van der Waals surface area contributed by atoms with Crippen LogP contribution in [-0.4, -0.2) is 46.1 Å². The van der Waals surface area contributed by atoms with Crippen LogP contribution in [0, 0.1) is 0 Å². The topological polar surface area (TPSA) is 110 Å². The van der Waals surface area contributed by atoms with Crippen LogP contribution in [0.3, 0.4) is 0 Å². The molecule has 156 valence electrons. The van der Waals surface area contributed by atoms with E-state index in [0.717, 1.165) is 6.08 Å². The van der Waals surface area contributed by atoms with Crippen LogP contribution in [0.5, 0.6) is 0 Å². The second-order valence-electron chi connectivity index (χ2n) is 7.09. The van der Waals surface area contributed by atoms with Crippen LogP contribution in [0.15, 0.2) is 82.9 Å². The monoisotopic (exact) mass is 410 g/mol. The number of rotatable bonds is 6. The van der Waals surface area contributed by atoms with E-state index < -0.39 is 35.0 Å². The highest BCUT2D eigenvalue weighted by Crippen LogP contribution is 2.45. The molecule has 2 aliphatic heterocycles. The van der Waals surface area contributed by atoms with E-state index in [0.29, 0.717) is 5.57 Å². The van der Waals surface area contributed by atoms with Crippen molar-refractivity contribution in [3.05, 3.63) is 82.9 Å². The number of aliphatic hydroxyl groups is 2. The summed E-state index contributed by atoms with van der Waals surface area (Å²) in [6, 6.07) is 0. The van der Waals surface area contributed by atoms with E-state index in [4.69, 9.17) is 9.47 Å². The lowest BCUT2D eigenvalue weighted by molar-refractivity contribution is -0.152. The molecule has 0 fully saturated rings. The van der Waals surface area contributed by atoms with Crippen LogP contribution < -0.4 is 0 Å². The van der Waals surface area contributed by atoms with Crippen LogP contribution in [0.25, 0.3) is 0 Å². The van der Waals surface area contributed by atoms with Gasteiger partial charge in [-0.25, -0.2) is 4.79 Å². The first kappa shape index (κ1) is 21.3. The van der Waals surface area contributed by atoms with Crippen LogP contribution >= 0.6 is 0 Å². The van der Waals surface area contributed by atoms with Crippen molar-refractivity contribution in [3.8, 4) is 0 Å². The zero-order valence-corrected chi connectivity index (χ0v) is 16.6. The molecule has 0 radical (unpaired) electrons. The zero-order chi connectivity index (χ0) is 21.9. The molecule has 7 heteroatoms. The number of hydrogen-bond acceptors (Lipinski definition) is 7. The number of Topliss-reactive ketones (excluding diaryl/α,β-unsaturated/α-hetero) is 1. The predicted molar refractivity (Wildman–Crippen MR) is 108 cm³/mol. The number of esters is 1. The summed E-state index contributed by atoms with van der Waals surface area (Å²) in [6.45, 7) is 3.06. The Bertz CT molecular complexity index is 1000. The zero-order valence-electron chi connectivity index (χ0n) is 16.6. The molecule has 0 unspecified atom stereocenters. The highest BCUT2D eigenvalue weighted by molar-refractivity contribution is 6.15. The summed E-state index contributed by atoms with van der Waals surface area (Å²) in [5, 5.41) is 19.8. The molecule has 1 aliphatic carbocycles. The van der Waals surface area contributed by atoms with Crippen molar-refractivity contribution in [1.29, 1.82) is 0 Å². The van der Waals surface area contributed by atoms with E-state index in [1.807, 2.05) is 13.0 Å². The molecule has 0 aromatic heterocycles. The minimum Gasteiger partial charge on any atom is -0.507 e. The summed E-state index contributed by atoms with van der Waals surface area (Å²) in [6.07, 6.45) is 13.2. The number of carbonyl (C=O) groups excluding carboxylic acids is 3. The Hall–Kier alpha value is -3.45. The summed E-state index contributed by atoms with van der Waals surface area (Å²) >= 11 is 0. The largest absolute Gasteiger partial charge is 0.507 e. The van der Waals surface area contributed by atoms with Gasteiger partial charge in [0, 0.05) is 18.1 Å².